The Hall–Kier alpha value is -2.70. The van der Waals surface area contributed by atoms with Crippen LogP contribution in [0.3, 0.4) is 0 Å². The molecule has 0 saturated heterocycles. The smallest absolute Gasteiger partial charge is 0.274 e. The van der Waals surface area contributed by atoms with Crippen LogP contribution in [0.25, 0.3) is 10.8 Å². The summed E-state index contributed by atoms with van der Waals surface area (Å²) in [7, 11) is 0. The van der Waals surface area contributed by atoms with Crippen LogP contribution in [0, 0.1) is 0 Å². The third-order valence-corrected chi connectivity index (χ3v) is 6.88. The van der Waals surface area contributed by atoms with Crippen molar-refractivity contribution in [3.8, 4) is 0 Å². The van der Waals surface area contributed by atoms with E-state index in [9.17, 15) is 9.90 Å². The third-order valence-electron chi connectivity index (χ3n) is 6.88. The van der Waals surface area contributed by atoms with Crippen molar-refractivity contribution in [2.24, 2.45) is 0 Å². The lowest BCUT2D eigenvalue weighted by molar-refractivity contribution is 0.0879. The molecule has 6 nitrogen and oxygen atoms in total. The monoisotopic (exact) mass is 432 g/mol. The Morgan fingerprint density at radius 2 is 1.69 bits per heavy atom. The van der Waals surface area contributed by atoms with Gasteiger partial charge in [0.15, 0.2) is 5.82 Å². The Morgan fingerprint density at radius 3 is 2.50 bits per heavy atom. The second kappa shape index (κ2) is 9.43. The van der Waals surface area contributed by atoms with Gasteiger partial charge < -0.3 is 10.4 Å². The fourth-order valence-electron chi connectivity index (χ4n) is 5.17. The van der Waals surface area contributed by atoms with Crippen molar-refractivity contribution in [1.29, 1.82) is 0 Å². The van der Waals surface area contributed by atoms with Crippen molar-refractivity contribution in [2.75, 3.05) is 18.4 Å². The number of aromatic nitrogens is 2. The molecule has 1 aliphatic heterocycles. The first-order chi connectivity index (χ1) is 15.7. The summed E-state index contributed by atoms with van der Waals surface area (Å²) in [6.07, 6.45) is 6.35. The molecule has 3 aromatic rings. The van der Waals surface area contributed by atoms with Crippen molar-refractivity contribution in [3.05, 3.63) is 70.0 Å². The third kappa shape index (κ3) is 4.57. The maximum absolute atomic E-state index is 13.1. The summed E-state index contributed by atoms with van der Waals surface area (Å²) in [5, 5.41) is 20.6. The molecular weight excluding hydrogens is 400 g/mol. The van der Waals surface area contributed by atoms with Crippen molar-refractivity contribution < 1.29 is 5.11 Å². The fraction of sp³-hybridized carbons (Fsp3) is 0.462. The predicted octanol–water partition coefficient (Wildman–Crippen LogP) is 3.56. The number of hydrogen-bond donors (Lipinski definition) is 2. The standard InChI is InChI=1S/C26H32N4O2/c31-22(17-29-15-14-19-8-4-5-9-20(19)16-29)18-30-26(32)24-13-7-6-12-23(24)25(28-30)27-21-10-2-1-3-11-21/h4-9,12-13,21-22,31H,1-3,10-11,14-18H2,(H,27,28)/t22-/m1/s1. The quantitative estimate of drug-likeness (QED) is 0.623. The van der Waals surface area contributed by atoms with Crippen molar-refractivity contribution >= 4 is 16.6 Å². The lowest BCUT2D eigenvalue weighted by Gasteiger charge is -2.30. The van der Waals surface area contributed by atoms with E-state index >= 15 is 0 Å². The van der Waals surface area contributed by atoms with E-state index < -0.39 is 6.10 Å². The van der Waals surface area contributed by atoms with E-state index in [0.717, 1.165) is 43.6 Å². The minimum absolute atomic E-state index is 0.141. The number of nitrogens with one attached hydrogen (secondary N) is 1. The van der Waals surface area contributed by atoms with E-state index in [1.165, 1.54) is 35.1 Å². The summed E-state index contributed by atoms with van der Waals surface area (Å²) in [5.74, 6) is 0.756. The highest BCUT2D eigenvalue weighted by Crippen LogP contribution is 2.24. The van der Waals surface area contributed by atoms with Crippen LogP contribution < -0.4 is 10.9 Å². The number of fused-ring (bicyclic) bond motifs is 2. The normalized spacial score (nSPS) is 18.4. The minimum atomic E-state index is -0.658. The van der Waals surface area contributed by atoms with Crippen molar-refractivity contribution in [3.63, 3.8) is 0 Å². The van der Waals surface area contributed by atoms with Crippen molar-refractivity contribution in [2.45, 2.75) is 63.8 Å². The Bertz CT molecular complexity index is 1140. The molecule has 1 fully saturated rings. The van der Waals surface area contributed by atoms with Gasteiger partial charge in [0.05, 0.1) is 18.0 Å². The highest BCUT2D eigenvalue weighted by molar-refractivity contribution is 5.90. The Labute approximate surface area is 188 Å². The molecule has 2 N–H and O–H groups in total. The molecule has 6 heteroatoms. The van der Waals surface area contributed by atoms with Gasteiger partial charge >= 0.3 is 0 Å². The zero-order chi connectivity index (χ0) is 21.9. The molecule has 2 aromatic carbocycles. The van der Waals surface area contributed by atoms with Gasteiger partial charge in [-0.2, -0.15) is 5.10 Å². The molecule has 2 heterocycles. The summed E-state index contributed by atoms with van der Waals surface area (Å²) >= 11 is 0. The zero-order valence-electron chi connectivity index (χ0n) is 18.5. The zero-order valence-corrected chi connectivity index (χ0v) is 18.5. The molecule has 168 valence electrons. The minimum Gasteiger partial charge on any atom is -0.390 e. The van der Waals surface area contributed by atoms with E-state index in [4.69, 9.17) is 0 Å². The molecule has 2 aliphatic rings. The average molecular weight is 433 g/mol. The van der Waals surface area contributed by atoms with Gasteiger partial charge in [0.2, 0.25) is 0 Å². The lowest BCUT2D eigenvalue weighted by atomic mass is 9.95. The van der Waals surface area contributed by atoms with E-state index in [-0.39, 0.29) is 12.1 Å². The number of nitrogens with zero attached hydrogens (tertiary/aromatic N) is 3. The molecule has 0 spiro atoms. The maximum Gasteiger partial charge on any atom is 0.274 e. The van der Waals surface area contributed by atoms with Crippen LogP contribution in [0.15, 0.2) is 53.3 Å². The number of hydrogen-bond acceptors (Lipinski definition) is 5. The largest absolute Gasteiger partial charge is 0.390 e. The van der Waals surface area contributed by atoms with Crippen LogP contribution in [0.1, 0.15) is 43.2 Å². The summed E-state index contributed by atoms with van der Waals surface area (Å²) in [4.78, 5) is 15.4. The Kier molecular flexibility index (Phi) is 6.23. The van der Waals surface area contributed by atoms with Gasteiger partial charge in [0.25, 0.3) is 5.56 Å². The van der Waals surface area contributed by atoms with Crippen LogP contribution in [0.4, 0.5) is 5.82 Å². The van der Waals surface area contributed by atoms with Gasteiger partial charge in [-0.25, -0.2) is 4.68 Å². The van der Waals surface area contributed by atoms with E-state index in [1.807, 2.05) is 24.3 Å². The molecule has 0 amide bonds. The predicted molar refractivity (Wildman–Crippen MR) is 128 cm³/mol. The molecular formula is C26H32N4O2. The molecule has 1 saturated carbocycles. The lowest BCUT2D eigenvalue weighted by Crippen LogP contribution is -2.40. The molecule has 0 bridgehead atoms. The first-order valence-electron chi connectivity index (χ1n) is 11.9. The second-order valence-corrected chi connectivity index (χ2v) is 9.27. The van der Waals surface area contributed by atoms with Crippen LogP contribution in [-0.2, 0) is 19.5 Å². The highest BCUT2D eigenvalue weighted by Gasteiger charge is 2.21. The number of rotatable bonds is 6. The Morgan fingerprint density at radius 1 is 0.969 bits per heavy atom. The van der Waals surface area contributed by atoms with Gasteiger partial charge in [0, 0.05) is 31.1 Å². The number of benzene rings is 2. The molecule has 0 unspecified atom stereocenters. The van der Waals surface area contributed by atoms with Gasteiger partial charge in [-0.3, -0.25) is 9.69 Å². The van der Waals surface area contributed by atoms with Gasteiger partial charge in [-0.1, -0.05) is 61.7 Å². The van der Waals surface area contributed by atoms with Gasteiger partial charge in [0.1, 0.15) is 0 Å². The molecule has 5 rings (SSSR count). The number of β-amino-alcohol motifs (C(OH)–C–C–N with tert-alkyl or cyclic N) is 1. The van der Waals surface area contributed by atoms with Gasteiger partial charge in [-0.15, -0.1) is 0 Å². The van der Waals surface area contributed by atoms with Gasteiger partial charge in [-0.05, 0) is 36.5 Å². The first kappa shape index (κ1) is 21.2. The molecule has 1 aromatic heterocycles. The molecule has 0 radical (unpaired) electrons. The van der Waals surface area contributed by atoms with Crippen molar-refractivity contribution in [1.82, 2.24) is 14.7 Å². The summed E-state index contributed by atoms with van der Waals surface area (Å²) in [5.41, 5.74) is 2.58. The molecule has 1 atom stereocenters. The highest BCUT2D eigenvalue weighted by atomic mass is 16.3. The SMILES string of the molecule is O=c1c2ccccc2c(NC2CCCCC2)nn1C[C@H](O)CN1CCc2ccccc2C1. The summed E-state index contributed by atoms with van der Waals surface area (Å²) < 4.78 is 1.45. The molecule has 32 heavy (non-hydrogen) atoms. The van der Waals surface area contributed by atoms with Crippen LogP contribution in [0.5, 0.6) is 0 Å². The number of aliphatic hydroxyl groups excluding tert-OH is 1. The van der Waals surface area contributed by atoms with E-state index in [1.54, 1.807) is 0 Å². The summed E-state index contributed by atoms with van der Waals surface area (Å²) in [6, 6.07) is 16.5. The molecule has 1 aliphatic carbocycles. The van der Waals surface area contributed by atoms with Crippen LogP contribution in [-0.4, -0.2) is 45.0 Å². The number of anilines is 1. The van der Waals surface area contributed by atoms with E-state index in [2.05, 4.69) is 39.6 Å². The topological polar surface area (TPSA) is 70.4 Å². The Balaban J connectivity index is 1.34. The second-order valence-electron chi connectivity index (χ2n) is 9.27. The average Bonchev–Trinajstić information content (AvgIpc) is 2.82. The van der Waals surface area contributed by atoms with E-state index in [0.29, 0.717) is 18.0 Å². The van der Waals surface area contributed by atoms with Crippen LogP contribution >= 0.6 is 0 Å². The maximum atomic E-state index is 13.1. The fourth-order valence-corrected chi connectivity index (χ4v) is 5.17. The van der Waals surface area contributed by atoms with Crippen LogP contribution in [0.2, 0.25) is 0 Å². The summed E-state index contributed by atoms with van der Waals surface area (Å²) in [6.45, 7) is 2.48. The first-order valence-corrected chi connectivity index (χ1v) is 11.9. The number of aliphatic hydroxyl groups is 1.